The van der Waals surface area contributed by atoms with E-state index in [1.807, 2.05) is 0 Å². The molecule has 5 unspecified atom stereocenters. The molecule has 3 nitrogen and oxygen atoms in total. The predicted octanol–water partition coefficient (Wildman–Crippen LogP) is 3.39. The summed E-state index contributed by atoms with van der Waals surface area (Å²) in [5.41, 5.74) is 0. The van der Waals surface area contributed by atoms with Crippen molar-refractivity contribution in [1.82, 2.24) is 5.32 Å². The normalized spacial score (nSPS) is 35.8. The minimum atomic E-state index is -2.87. The Morgan fingerprint density at radius 3 is 2.33 bits per heavy atom. The van der Waals surface area contributed by atoms with Gasteiger partial charge < -0.3 is 5.32 Å². The van der Waals surface area contributed by atoms with E-state index in [9.17, 15) is 8.42 Å². The molecular formula is C17H33NO2S. The van der Waals surface area contributed by atoms with E-state index >= 15 is 0 Å². The molecular weight excluding hydrogens is 282 g/mol. The average Bonchev–Trinajstić information content (AvgIpc) is 2.92. The van der Waals surface area contributed by atoms with Crippen molar-refractivity contribution in [1.29, 1.82) is 0 Å². The Hall–Kier alpha value is -0.0900. The van der Waals surface area contributed by atoms with Crippen molar-refractivity contribution in [2.45, 2.75) is 76.5 Å². The van der Waals surface area contributed by atoms with Crippen LogP contribution in [0.3, 0.4) is 0 Å². The van der Waals surface area contributed by atoms with Crippen molar-refractivity contribution in [3.63, 3.8) is 0 Å². The highest BCUT2D eigenvalue weighted by Gasteiger charge is 2.38. The molecule has 1 N–H and O–H groups in total. The first kappa shape index (κ1) is 17.3. The first-order valence-corrected chi connectivity index (χ1v) is 10.8. The molecule has 2 aliphatic carbocycles. The largest absolute Gasteiger partial charge is 0.314 e. The van der Waals surface area contributed by atoms with Crippen molar-refractivity contribution in [3.8, 4) is 0 Å². The Kier molecular flexibility index (Phi) is 6.13. The molecule has 0 spiro atoms. The highest BCUT2D eigenvalue weighted by molar-refractivity contribution is 7.91. The number of nitrogens with one attached hydrogen (secondary N) is 1. The summed E-state index contributed by atoms with van der Waals surface area (Å²) in [5, 5.41) is 3.62. The lowest BCUT2D eigenvalue weighted by molar-refractivity contribution is 0.207. The van der Waals surface area contributed by atoms with E-state index in [1.165, 1.54) is 38.4 Å². The lowest BCUT2D eigenvalue weighted by atomic mass is 9.77. The number of hydrogen-bond donors (Lipinski definition) is 1. The monoisotopic (exact) mass is 315 g/mol. The lowest BCUT2D eigenvalue weighted by Crippen LogP contribution is -2.45. The molecule has 0 aliphatic heterocycles. The second kappa shape index (κ2) is 7.45. The number of rotatable bonds is 6. The van der Waals surface area contributed by atoms with Gasteiger partial charge in [-0.25, -0.2) is 8.42 Å². The smallest absolute Gasteiger partial charge is 0.150 e. The van der Waals surface area contributed by atoms with Gasteiger partial charge >= 0.3 is 0 Å². The highest BCUT2D eigenvalue weighted by atomic mass is 32.2. The second-order valence-electron chi connectivity index (χ2n) is 7.31. The molecule has 0 radical (unpaired) electrons. The van der Waals surface area contributed by atoms with Crippen LogP contribution in [0.25, 0.3) is 0 Å². The third kappa shape index (κ3) is 4.44. The summed E-state index contributed by atoms with van der Waals surface area (Å²) in [6, 6.07) is 0.538. The molecule has 2 fully saturated rings. The van der Waals surface area contributed by atoms with Gasteiger partial charge in [0.2, 0.25) is 0 Å². The Morgan fingerprint density at radius 2 is 1.76 bits per heavy atom. The van der Waals surface area contributed by atoms with Crippen LogP contribution >= 0.6 is 0 Å². The quantitative estimate of drug-likeness (QED) is 0.817. The van der Waals surface area contributed by atoms with E-state index in [0.29, 0.717) is 12.0 Å². The van der Waals surface area contributed by atoms with Gasteiger partial charge in [-0.2, -0.15) is 0 Å². The van der Waals surface area contributed by atoms with Crippen LogP contribution in [0.2, 0.25) is 0 Å². The van der Waals surface area contributed by atoms with Crippen LogP contribution < -0.4 is 5.32 Å². The van der Waals surface area contributed by atoms with Gasteiger partial charge in [-0.05, 0) is 56.4 Å². The van der Waals surface area contributed by atoms with Gasteiger partial charge in [0, 0.05) is 12.3 Å². The van der Waals surface area contributed by atoms with Crippen LogP contribution in [0.1, 0.15) is 65.2 Å². The van der Waals surface area contributed by atoms with Crippen LogP contribution in [0, 0.1) is 17.8 Å². The fourth-order valence-corrected chi connectivity index (χ4v) is 5.85. The van der Waals surface area contributed by atoms with Gasteiger partial charge in [0.25, 0.3) is 0 Å². The summed E-state index contributed by atoms with van der Waals surface area (Å²) in [4.78, 5) is 0. The minimum Gasteiger partial charge on any atom is -0.314 e. The molecule has 2 rings (SSSR count). The van der Waals surface area contributed by atoms with E-state index in [4.69, 9.17) is 0 Å². The van der Waals surface area contributed by atoms with Crippen LogP contribution in [0.15, 0.2) is 0 Å². The minimum absolute atomic E-state index is 0.0965. The molecule has 0 aromatic rings. The molecule has 2 saturated carbocycles. The van der Waals surface area contributed by atoms with Gasteiger partial charge in [0.1, 0.15) is 9.84 Å². The Balaban J connectivity index is 2.04. The fourth-order valence-electron chi connectivity index (χ4n) is 4.66. The lowest BCUT2D eigenvalue weighted by Gasteiger charge is -2.37. The fraction of sp³-hybridized carbons (Fsp3) is 1.00. The Morgan fingerprint density at radius 1 is 1.05 bits per heavy atom. The molecule has 0 bridgehead atoms. The molecule has 124 valence electrons. The van der Waals surface area contributed by atoms with Gasteiger partial charge in [-0.3, -0.25) is 0 Å². The van der Waals surface area contributed by atoms with Crippen molar-refractivity contribution in [2.24, 2.45) is 17.8 Å². The SMILES string of the molecule is CCNC(C1CCC(CC)C1)C1CCCC(S(C)(=O)=O)C1. The third-order valence-corrected chi connectivity index (χ3v) is 7.53. The zero-order chi connectivity index (χ0) is 15.5. The second-order valence-corrected chi connectivity index (χ2v) is 9.63. The zero-order valence-electron chi connectivity index (χ0n) is 14.0. The van der Waals surface area contributed by atoms with E-state index in [2.05, 4.69) is 19.2 Å². The van der Waals surface area contributed by atoms with Crippen LogP contribution in [0.5, 0.6) is 0 Å². The summed E-state index contributed by atoms with van der Waals surface area (Å²) < 4.78 is 23.8. The predicted molar refractivity (Wildman–Crippen MR) is 89.2 cm³/mol. The molecule has 4 heteroatoms. The Labute approximate surface area is 131 Å². The van der Waals surface area contributed by atoms with E-state index in [0.717, 1.165) is 37.6 Å². The molecule has 0 heterocycles. The standard InChI is InChI=1S/C17H33NO2S/c1-4-13-9-10-15(11-13)17(18-5-2)14-7-6-8-16(12-14)21(3,19)20/h13-18H,4-12H2,1-3H3. The summed E-state index contributed by atoms with van der Waals surface area (Å²) in [6.45, 7) is 5.48. The summed E-state index contributed by atoms with van der Waals surface area (Å²) >= 11 is 0. The van der Waals surface area contributed by atoms with Crippen molar-refractivity contribution in [3.05, 3.63) is 0 Å². The molecule has 0 saturated heterocycles. The Bertz CT molecular complexity index is 421. The zero-order valence-corrected chi connectivity index (χ0v) is 14.8. The van der Waals surface area contributed by atoms with Crippen molar-refractivity contribution in [2.75, 3.05) is 12.8 Å². The highest BCUT2D eigenvalue weighted by Crippen LogP contribution is 2.41. The van der Waals surface area contributed by atoms with Crippen molar-refractivity contribution >= 4 is 9.84 Å². The van der Waals surface area contributed by atoms with Gasteiger partial charge in [-0.1, -0.05) is 33.1 Å². The summed E-state index contributed by atoms with van der Waals surface area (Å²) in [5.74, 6) is 2.21. The van der Waals surface area contributed by atoms with Crippen LogP contribution in [-0.4, -0.2) is 32.5 Å². The number of sulfone groups is 1. The first-order valence-electron chi connectivity index (χ1n) is 8.87. The maximum absolute atomic E-state index is 11.9. The molecule has 5 atom stereocenters. The van der Waals surface area contributed by atoms with Gasteiger partial charge in [-0.15, -0.1) is 0 Å². The molecule has 0 aromatic heterocycles. The topological polar surface area (TPSA) is 46.2 Å². The van der Waals surface area contributed by atoms with Gasteiger partial charge in [0.15, 0.2) is 0 Å². The van der Waals surface area contributed by atoms with E-state index in [-0.39, 0.29) is 5.25 Å². The summed E-state index contributed by atoms with van der Waals surface area (Å²) in [7, 11) is -2.87. The maximum Gasteiger partial charge on any atom is 0.150 e. The van der Waals surface area contributed by atoms with Crippen LogP contribution in [0.4, 0.5) is 0 Å². The molecule has 0 amide bonds. The molecule has 21 heavy (non-hydrogen) atoms. The van der Waals surface area contributed by atoms with E-state index in [1.54, 1.807) is 0 Å². The van der Waals surface area contributed by atoms with Crippen molar-refractivity contribution < 1.29 is 8.42 Å². The molecule has 2 aliphatic rings. The first-order chi connectivity index (χ1) is 9.95. The average molecular weight is 316 g/mol. The van der Waals surface area contributed by atoms with Crippen LogP contribution in [-0.2, 0) is 9.84 Å². The third-order valence-electron chi connectivity index (χ3n) is 5.89. The number of hydrogen-bond acceptors (Lipinski definition) is 3. The maximum atomic E-state index is 11.9. The molecule has 0 aromatic carbocycles. The van der Waals surface area contributed by atoms with Gasteiger partial charge in [0.05, 0.1) is 5.25 Å². The summed E-state index contributed by atoms with van der Waals surface area (Å²) in [6.07, 6.45) is 10.8. The van der Waals surface area contributed by atoms with E-state index < -0.39 is 9.84 Å².